The number of ether oxygens (including phenoxy) is 1. The normalized spacial score (nSPS) is 12.3. The molecule has 0 saturated heterocycles. The van der Waals surface area contributed by atoms with Crippen LogP contribution < -0.4 is 0 Å². The number of allylic oxidation sites excluding steroid dienone is 1. The number of rotatable bonds is 29. The van der Waals surface area contributed by atoms with Crippen LogP contribution in [0.5, 0.6) is 0 Å². The van der Waals surface area contributed by atoms with Crippen LogP contribution in [-0.4, -0.2) is 23.1 Å². The number of hydrogen-bond acceptors (Lipinski definition) is 3. The second-order valence-electron chi connectivity index (χ2n) is 11.0. The lowest BCUT2D eigenvalue weighted by Crippen LogP contribution is -2.16. The average molecular weight is 523 g/mol. The highest BCUT2D eigenvalue weighted by Gasteiger charge is 2.11. The van der Waals surface area contributed by atoms with Crippen LogP contribution in [0.1, 0.15) is 181 Å². The molecular weight excluding hydrogens is 460 g/mol. The van der Waals surface area contributed by atoms with E-state index in [2.05, 4.69) is 26.0 Å². The molecule has 0 spiro atoms. The number of hydrogen-bond donors (Lipinski definition) is 1. The predicted molar refractivity (Wildman–Crippen MR) is 158 cm³/mol. The van der Waals surface area contributed by atoms with Gasteiger partial charge in [-0.05, 0) is 44.6 Å². The summed E-state index contributed by atoms with van der Waals surface area (Å²) in [5.74, 6) is -0.738. The molecule has 0 radical (unpaired) electrons. The molecule has 0 amide bonds. The Morgan fingerprint density at radius 3 is 1.54 bits per heavy atom. The molecule has 0 fully saturated rings. The van der Waals surface area contributed by atoms with Gasteiger partial charge in [-0.2, -0.15) is 0 Å². The van der Waals surface area contributed by atoms with Crippen molar-refractivity contribution in [2.45, 2.75) is 187 Å². The number of carboxylic acids is 1. The zero-order chi connectivity index (χ0) is 27.2. The SMILES string of the molecule is CCCCCCCCC/C=C\C(CCCCCCCCC(=O)O)OC(=O)CCCCCCCCCCC. The summed E-state index contributed by atoms with van der Waals surface area (Å²) in [6, 6.07) is 0. The van der Waals surface area contributed by atoms with Crippen molar-refractivity contribution in [2.24, 2.45) is 0 Å². The Morgan fingerprint density at radius 2 is 1.03 bits per heavy atom. The third-order valence-electron chi connectivity index (χ3n) is 7.22. The molecule has 1 atom stereocenters. The van der Waals surface area contributed by atoms with Gasteiger partial charge >= 0.3 is 11.9 Å². The van der Waals surface area contributed by atoms with Gasteiger partial charge < -0.3 is 9.84 Å². The third kappa shape index (κ3) is 29.1. The van der Waals surface area contributed by atoms with Gasteiger partial charge in [0, 0.05) is 12.8 Å². The molecule has 0 heterocycles. The van der Waals surface area contributed by atoms with Gasteiger partial charge in [-0.25, -0.2) is 0 Å². The number of esters is 1. The zero-order valence-electron chi connectivity index (χ0n) is 24.8. The minimum absolute atomic E-state index is 0.0396. The molecule has 0 aliphatic carbocycles. The first-order valence-electron chi connectivity index (χ1n) is 16.2. The van der Waals surface area contributed by atoms with E-state index in [4.69, 9.17) is 9.84 Å². The summed E-state index contributed by atoms with van der Waals surface area (Å²) >= 11 is 0. The summed E-state index contributed by atoms with van der Waals surface area (Å²) in [4.78, 5) is 23.1. The van der Waals surface area contributed by atoms with Crippen molar-refractivity contribution < 1.29 is 19.4 Å². The highest BCUT2D eigenvalue weighted by Crippen LogP contribution is 2.16. The smallest absolute Gasteiger partial charge is 0.306 e. The fourth-order valence-corrected chi connectivity index (χ4v) is 4.80. The van der Waals surface area contributed by atoms with Gasteiger partial charge in [0.05, 0.1) is 0 Å². The van der Waals surface area contributed by atoms with E-state index in [1.807, 2.05) is 0 Å². The number of carbonyl (C=O) groups excluding carboxylic acids is 1. The van der Waals surface area contributed by atoms with Crippen LogP contribution in [0.15, 0.2) is 12.2 Å². The molecule has 4 nitrogen and oxygen atoms in total. The van der Waals surface area contributed by atoms with Gasteiger partial charge in [0.15, 0.2) is 0 Å². The topological polar surface area (TPSA) is 63.6 Å². The molecule has 0 aliphatic rings. The van der Waals surface area contributed by atoms with Gasteiger partial charge in [0.25, 0.3) is 0 Å². The van der Waals surface area contributed by atoms with Crippen molar-refractivity contribution in [3.8, 4) is 0 Å². The van der Waals surface area contributed by atoms with E-state index < -0.39 is 5.97 Å². The molecule has 1 N–H and O–H groups in total. The third-order valence-corrected chi connectivity index (χ3v) is 7.22. The zero-order valence-corrected chi connectivity index (χ0v) is 24.8. The van der Waals surface area contributed by atoms with Gasteiger partial charge in [-0.15, -0.1) is 0 Å². The summed E-state index contributed by atoms with van der Waals surface area (Å²) in [5, 5.41) is 8.73. The molecule has 37 heavy (non-hydrogen) atoms. The monoisotopic (exact) mass is 522 g/mol. The van der Waals surface area contributed by atoms with E-state index in [0.717, 1.165) is 64.2 Å². The molecule has 4 heteroatoms. The minimum atomic E-state index is -0.699. The summed E-state index contributed by atoms with van der Waals surface area (Å²) < 4.78 is 5.87. The van der Waals surface area contributed by atoms with E-state index >= 15 is 0 Å². The molecule has 0 aromatic heterocycles. The summed E-state index contributed by atoms with van der Waals surface area (Å²) in [6.07, 6.45) is 33.7. The van der Waals surface area contributed by atoms with Crippen LogP contribution in [0.2, 0.25) is 0 Å². The van der Waals surface area contributed by atoms with Gasteiger partial charge in [-0.1, -0.05) is 135 Å². The van der Waals surface area contributed by atoms with E-state index in [0.29, 0.717) is 6.42 Å². The first-order valence-corrected chi connectivity index (χ1v) is 16.2. The number of aliphatic carboxylic acids is 1. The molecule has 0 bridgehead atoms. The van der Waals surface area contributed by atoms with Crippen LogP contribution in [0.25, 0.3) is 0 Å². The van der Waals surface area contributed by atoms with Crippen LogP contribution >= 0.6 is 0 Å². The van der Waals surface area contributed by atoms with Gasteiger partial charge in [-0.3, -0.25) is 9.59 Å². The van der Waals surface area contributed by atoms with Crippen LogP contribution in [0, 0.1) is 0 Å². The second-order valence-corrected chi connectivity index (χ2v) is 11.0. The number of carbonyl (C=O) groups is 2. The lowest BCUT2D eigenvalue weighted by atomic mass is 10.0. The standard InChI is InChI=1S/C33H62O4/c1-3-5-7-9-11-13-15-19-23-27-31(28-24-20-17-18-21-25-29-32(34)35)37-33(36)30-26-22-16-14-12-10-8-6-4-2/h23,27,31H,3-22,24-26,28-30H2,1-2H3,(H,34,35)/b27-23-. The molecule has 1 unspecified atom stereocenters. The summed E-state index contributed by atoms with van der Waals surface area (Å²) in [7, 11) is 0. The van der Waals surface area contributed by atoms with Crippen molar-refractivity contribution in [1.29, 1.82) is 0 Å². The molecule has 218 valence electrons. The molecule has 0 aliphatic heterocycles. The Balaban J connectivity index is 4.15. The van der Waals surface area contributed by atoms with Crippen LogP contribution in [0.4, 0.5) is 0 Å². The first-order chi connectivity index (χ1) is 18.1. The largest absolute Gasteiger partial charge is 0.481 e. The molecule has 0 aromatic rings. The molecule has 0 rings (SSSR count). The van der Waals surface area contributed by atoms with Gasteiger partial charge in [0.2, 0.25) is 0 Å². The highest BCUT2D eigenvalue weighted by atomic mass is 16.5. The van der Waals surface area contributed by atoms with Crippen LogP contribution in [-0.2, 0) is 14.3 Å². The lowest BCUT2D eigenvalue weighted by molar-refractivity contribution is -0.147. The van der Waals surface area contributed by atoms with E-state index in [9.17, 15) is 9.59 Å². The first kappa shape index (κ1) is 35.7. The lowest BCUT2D eigenvalue weighted by Gasteiger charge is -2.15. The number of unbranched alkanes of at least 4 members (excludes halogenated alkanes) is 20. The number of carboxylic acid groups (broad SMARTS) is 1. The molecule has 0 aromatic carbocycles. The maximum absolute atomic E-state index is 12.5. The Morgan fingerprint density at radius 1 is 0.595 bits per heavy atom. The van der Waals surface area contributed by atoms with Crippen molar-refractivity contribution in [3.05, 3.63) is 12.2 Å². The average Bonchev–Trinajstić information content (AvgIpc) is 2.87. The fraction of sp³-hybridized carbons (Fsp3) is 0.879. The van der Waals surface area contributed by atoms with Crippen LogP contribution in [0.3, 0.4) is 0 Å². The molecular formula is C33H62O4. The minimum Gasteiger partial charge on any atom is -0.481 e. The Labute approximate surface area is 230 Å². The summed E-state index contributed by atoms with van der Waals surface area (Å²) in [6.45, 7) is 4.51. The Hall–Kier alpha value is -1.32. The fourth-order valence-electron chi connectivity index (χ4n) is 4.80. The predicted octanol–water partition coefficient (Wildman–Crippen LogP) is 10.7. The van der Waals surface area contributed by atoms with Crippen molar-refractivity contribution >= 4 is 11.9 Å². The van der Waals surface area contributed by atoms with Crippen molar-refractivity contribution in [3.63, 3.8) is 0 Å². The quantitative estimate of drug-likeness (QED) is 0.0602. The van der Waals surface area contributed by atoms with E-state index in [1.165, 1.54) is 89.9 Å². The van der Waals surface area contributed by atoms with E-state index in [-0.39, 0.29) is 18.5 Å². The second kappa shape index (κ2) is 29.2. The van der Waals surface area contributed by atoms with Crippen molar-refractivity contribution in [2.75, 3.05) is 0 Å². The Kier molecular flexibility index (Phi) is 28.2. The van der Waals surface area contributed by atoms with E-state index in [1.54, 1.807) is 0 Å². The maximum Gasteiger partial charge on any atom is 0.306 e. The summed E-state index contributed by atoms with van der Waals surface area (Å²) in [5.41, 5.74) is 0. The highest BCUT2D eigenvalue weighted by molar-refractivity contribution is 5.69. The maximum atomic E-state index is 12.5. The molecule has 0 saturated carbocycles. The van der Waals surface area contributed by atoms with Gasteiger partial charge in [0.1, 0.15) is 6.10 Å². The Bertz CT molecular complexity index is 528. The van der Waals surface area contributed by atoms with Crippen molar-refractivity contribution in [1.82, 2.24) is 0 Å².